The van der Waals surface area contributed by atoms with Crippen LogP contribution in [0.3, 0.4) is 0 Å². The van der Waals surface area contributed by atoms with E-state index in [1.165, 1.54) is 19.3 Å². The van der Waals surface area contributed by atoms with Crippen molar-refractivity contribution in [3.63, 3.8) is 0 Å². The molecule has 1 rings (SSSR count). The highest BCUT2D eigenvalue weighted by Crippen LogP contribution is 2.14. The zero-order valence-electron chi connectivity index (χ0n) is 9.96. The number of nitrogens with one attached hydrogen (secondary N) is 1. The van der Waals surface area contributed by atoms with Crippen LogP contribution in [-0.4, -0.2) is 39.0 Å². The zero-order valence-corrected chi connectivity index (χ0v) is 9.96. The van der Waals surface area contributed by atoms with Crippen molar-refractivity contribution in [2.75, 3.05) is 32.9 Å². The molecule has 1 unspecified atom stereocenters. The van der Waals surface area contributed by atoms with Gasteiger partial charge in [-0.15, -0.1) is 0 Å². The van der Waals surface area contributed by atoms with E-state index >= 15 is 0 Å². The second-order valence-electron chi connectivity index (χ2n) is 4.14. The Kier molecular flexibility index (Phi) is 7.88. The molecule has 1 atom stereocenters. The van der Waals surface area contributed by atoms with E-state index < -0.39 is 0 Å². The fourth-order valence-electron chi connectivity index (χ4n) is 1.81. The highest BCUT2D eigenvalue weighted by atomic mass is 16.5. The highest BCUT2D eigenvalue weighted by molar-refractivity contribution is 4.64. The molecular weight excluding hydrogens is 190 g/mol. The van der Waals surface area contributed by atoms with Crippen LogP contribution in [0.25, 0.3) is 0 Å². The molecule has 0 amide bonds. The summed E-state index contributed by atoms with van der Waals surface area (Å²) in [5.41, 5.74) is 0. The van der Waals surface area contributed by atoms with Crippen molar-refractivity contribution in [1.29, 1.82) is 0 Å². The van der Waals surface area contributed by atoms with Gasteiger partial charge in [-0.1, -0.05) is 6.92 Å². The lowest BCUT2D eigenvalue weighted by atomic mass is 10.1. The Labute approximate surface area is 93.5 Å². The second kappa shape index (κ2) is 9.13. The van der Waals surface area contributed by atoms with E-state index in [4.69, 9.17) is 9.47 Å². The van der Waals surface area contributed by atoms with Crippen molar-refractivity contribution in [1.82, 2.24) is 5.32 Å². The SMILES string of the molecule is CCCOCCNCCC1CCCCO1. The van der Waals surface area contributed by atoms with E-state index in [1.54, 1.807) is 0 Å². The minimum Gasteiger partial charge on any atom is -0.380 e. The van der Waals surface area contributed by atoms with Crippen molar-refractivity contribution in [3.05, 3.63) is 0 Å². The van der Waals surface area contributed by atoms with Crippen LogP contribution in [0.5, 0.6) is 0 Å². The minimum atomic E-state index is 0.503. The average Bonchev–Trinajstić information content (AvgIpc) is 2.29. The molecule has 0 aliphatic carbocycles. The second-order valence-corrected chi connectivity index (χ2v) is 4.14. The van der Waals surface area contributed by atoms with Crippen LogP contribution in [0, 0.1) is 0 Å². The summed E-state index contributed by atoms with van der Waals surface area (Å²) >= 11 is 0. The monoisotopic (exact) mass is 215 g/mol. The molecule has 0 radical (unpaired) electrons. The Hall–Kier alpha value is -0.120. The lowest BCUT2D eigenvalue weighted by Gasteiger charge is -2.22. The third kappa shape index (κ3) is 6.88. The summed E-state index contributed by atoms with van der Waals surface area (Å²) in [7, 11) is 0. The van der Waals surface area contributed by atoms with Gasteiger partial charge in [0.2, 0.25) is 0 Å². The van der Waals surface area contributed by atoms with Crippen LogP contribution in [0.2, 0.25) is 0 Å². The summed E-state index contributed by atoms with van der Waals surface area (Å²) in [4.78, 5) is 0. The first-order chi connectivity index (χ1) is 7.43. The van der Waals surface area contributed by atoms with Gasteiger partial charge >= 0.3 is 0 Å². The van der Waals surface area contributed by atoms with Crippen molar-refractivity contribution in [2.24, 2.45) is 0 Å². The van der Waals surface area contributed by atoms with Gasteiger partial charge in [0.25, 0.3) is 0 Å². The molecule has 0 aromatic carbocycles. The first-order valence-corrected chi connectivity index (χ1v) is 6.33. The third-order valence-electron chi connectivity index (χ3n) is 2.69. The predicted molar refractivity (Wildman–Crippen MR) is 62.2 cm³/mol. The van der Waals surface area contributed by atoms with Gasteiger partial charge in [-0.3, -0.25) is 0 Å². The summed E-state index contributed by atoms with van der Waals surface area (Å²) in [5.74, 6) is 0. The van der Waals surface area contributed by atoms with Crippen molar-refractivity contribution >= 4 is 0 Å². The summed E-state index contributed by atoms with van der Waals surface area (Å²) in [6.07, 6.45) is 6.58. The van der Waals surface area contributed by atoms with Gasteiger partial charge in [-0.05, 0) is 38.6 Å². The Balaban J connectivity index is 1.79. The van der Waals surface area contributed by atoms with E-state index in [0.29, 0.717) is 6.10 Å². The molecular formula is C12H25NO2. The quantitative estimate of drug-likeness (QED) is 0.628. The number of ether oxygens (including phenoxy) is 2. The van der Waals surface area contributed by atoms with Gasteiger partial charge in [-0.25, -0.2) is 0 Å². The Morgan fingerprint density at radius 2 is 2.20 bits per heavy atom. The van der Waals surface area contributed by atoms with Crippen molar-refractivity contribution < 1.29 is 9.47 Å². The normalized spacial score (nSPS) is 21.8. The van der Waals surface area contributed by atoms with Crippen LogP contribution in [0.1, 0.15) is 39.0 Å². The molecule has 15 heavy (non-hydrogen) atoms. The number of rotatable bonds is 8. The van der Waals surface area contributed by atoms with E-state index in [9.17, 15) is 0 Å². The van der Waals surface area contributed by atoms with E-state index in [2.05, 4.69) is 12.2 Å². The average molecular weight is 215 g/mol. The Morgan fingerprint density at radius 3 is 2.93 bits per heavy atom. The highest BCUT2D eigenvalue weighted by Gasteiger charge is 2.12. The molecule has 0 bridgehead atoms. The van der Waals surface area contributed by atoms with Gasteiger partial charge < -0.3 is 14.8 Å². The first-order valence-electron chi connectivity index (χ1n) is 6.33. The summed E-state index contributed by atoms with van der Waals surface area (Å²) < 4.78 is 11.0. The summed E-state index contributed by atoms with van der Waals surface area (Å²) in [6, 6.07) is 0. The van der Waals surface area contributed by atoms with Gasteiger partial charge in [-0.2, -0.15) is 0 Å². The van der Waals surface area contributed by atoms with E-state index in [0.717, 1.165) is 45.8 Å². The molecule has 0 aromatic rings. The standard InChI is InChI=1S/C12H25NO2/c1-2-9-14-11-8-13-7-6-12-5-3-4-10-15-12/h12-13H,2-11H2,1H3. The maximum atomic E-state index is 5.65. The van der Waals surface area contributed by atoms with E-state index in [1.807, 2.05) is 0 Å². The lowest BCUT2D eigenvalue weighted by molar-refractivity contribution is 0.0113. The molecule has 1 N–H and O–H groups in total. The molecule has 3 heteroatoms. The molecule has 3 nitrogen and oxygen atoms in total. The maximum Gasteiger partial charge on any atom is 0.0590 e. The molecule has 1 aliphatic rings. The Bertz CT molecular complexity index is 136. The van der Waals surface area contributed by atoms with Crippen LogP contribution in [-0.2, 0) is 9.47 Å². The molecule has 1 saturated heterocycles. The molecule has 90 valence electrons. The van der Waals surface area contributed by atoms with Gasteiger partial charge in [0.05, 0.1) is 12.7 Å². The maximum absolute atomic E-state index is 5.65. The largest absolute Gasteiger partial charge is 0.380 e. The molecule has 0 aromatic heterocycles. The fraction of sp³-hybridized carbons (Fsp3) is 1.00. The van der Waals surface area contributed by atoms with Gasteiger partial charge in [0.15, 0.2) is 0 Å². The fourth-order valence-corrected chi connectivity index (χ4v) is 1.81. The molecule has 1 fully saturated rings. The molecule has 1 aliphatic heterocycles. The summed E-state index contributed by atoms with van der Waals surface area (Å²) in [5, 5.41) is 3.39. The molecule has 0 saturated carbocycles. The van der Waals surface area contributed by atoms with E-state index in [-0.39, 0.29) is 0 Å². The molecule has 0 spiro atoms. The zero-order chi connectivity index (χ0) is 10.8. The van der Waals surface area contributed by atoms with Crippen LogP contribution in [0.15, 0.2) is 0 Å². The van der Waals surface area contributed by atoms with Crippen molar-refractivity contribution in [2.45, 2.75) is 45.1 Å². The van der Waals surface area contributed by atoms with Crippen LogP contribution < -0.4 is 5.32 Å². The topological polar surface area (TPSA) is 30.5 Å². The van der Waals surface area contributed by atoms with Crippen LogP contribution in [0.4, 0.5) is 0 Å². The first kappa shape index (κ1) is 12.9. The van der Waals surface area contributed by atoms with Gasteiger partial charge in [0.1, 0.15) is 0 Å². The number of hydrogen-bond acceptors (Lipinski definition) is 3. The van der Waals surface area contributed by atoms with Gasteiger partial charge in [0, 0.05) is 19.8 Å². The summed E-state index contributed by atoms with van der Waals surface area (Å²) in [6.45, 7) is 6.83. The smallest absolute Gasteiger partial charge is 0.0590 e. The minimum absolute atomic E-state index is 0.503. The molecule has 1 heterocycles. The lowest BCUT2D eigenvalue weighted by Crippen LogP contribution is -2.27. The number of hydrogen-bond donors (Lipinski definition) is 1. The van der Waals surface area contributed by atoms with Crippen LogP contribution >= 0.6 is 0 Å². The third-order valence-corrected chi connectivity index (χ3v) is 2.69. The van der Waals surface area contributed by atoms with Crippen molar-refractivity contribution in [3.8, 4) is 0 Å². The predicted octanol–water partition coefficient (Wildman–Crippen LogP) is 1.96. The Morgan fingerprint density at radius 1 is 1.27 bits per heavy atom.